The van der Waals surface area contributed by atoms with E-state index >= 15 is 0 Å². The zero-order chi connectivity index (χ0) is 19.2. The van der Waals surface area contributed by atoms with Crippen LogP contribution < -0.4 is 10.1 Å². The number of carbonyl (C=O) groups is 1. The number of ether oxygens (including phenoxy) is 1. The zero-order valence-electron chi connectivity index (χ0n) is 15.2. The fraction of sp³-hybridized carbons (Fsp3) is 0.579. The number of rotatable bonds is 7. The second kappa shape index (κ2) is 9.07. The van der Waals surface area contributed by atoms with Crippen molar-refractivity contribution < 1.29 is 23.4 Å². The molecule has 0 bridgehead atoms. The van der Waals surface area contributed by atoms with E-state index in [4.69, 9.17) is 4.74 Å². The maximum atomic E-state index is 13.2. The standard InChI is InChI=1S/C19H26F2N2O3/c1-3-15(12-24)23-18(25)16-10-14(17(26-2)11-22-16)5-4-13-6-8-19(20,21)9-7-13/h4-5,10-11,13,15,24H,3,6-9,12H2,1-2H3,(H,23,25). The lowest BCUT2D eigenvalue weighted by Crippen LogP contribution is -2.37. The van der Waals surface area contributed by atoms with E-state index in [1.54, 1.807) is 12.1 Å². The Hall–Kier alpha value is -2.02. The Kier molecular flexibility index (Phi) is 7.08. The Morgan fingerprint density at radius 3 is 2.77 bits per heavy atom. The molecule has 1 unspecified atom stereocenters. The third-order valence-electron chi connectivity index (χ3n) is 4.71. The van der Waals surface area contributed by atoms with Crippen LogP contribution in [0.1, 0.15) is 55.1 Å². The van der Waals surface area contributed by atoms with Gasteiger partial charge in [-0.05, 0) is 31.2 Å². The molecule has 1 aromatic rings. The molecular weight excluding hydrogens is 342 g/mol. The molecule has 0 aromatic carbocycles. The van der Waals surface area contributed by atoms with Gasteiger partial charge in [-0.1, -0.05) is 19.1 Å². The monoisotopic (exact) mass is 368 g/mol. The lowest BCUT2D eigenvalue weighted by molar-refractivity contribution is -0.0410. The maximum absolute atomic E-state index is 13.2. The molecule has 1 saturated carbocycles. The molecule has 2 N–H and O–H groups in total. The number of halogens is 2. The number of aromatic nitrogens is 1. The maximum Gasteiger partial charge on any atom is 0.270 e. The third-order valence-corrected chi connectivity index (χ3v) is 4.71. The number of amides is 1. The highest BCUT2D eigenvalue weighted by Crippen LogP contribution is 2.37. The lowest BCUT2D eigenvalue weighted by atomic mass is 9.86. The summed E-state index contributed by atoms with van der Waals surface area (Å²) in [5, 5.41) is 11.9. The number of aliphatic hydroxyl groups excluding tert-OH is 1. The number of carbonyl (C=O) groups excluding carboxylic acids is 1. The first kappa shape index (κ1) is 20.3. The first-order valence-corrected chi connectivity index (χ1v) is 8.90. The first-order chi connectivity index (χ1) is 12.4. The summed E-state index contributed by atoms with van der Waals surface area (Å²) < 4.78 is 31.8. The molecule has 1 atom stereocenters. The number of hydrogen-bond donors (Lipinski definition) is 2. The van der Waals surface area contributed by atoms with Crippen molar-refractivity contribution in [3.63, 3.8) is 0 Å². The molecule has 0 aliphatic heterocycles. The average molecular weight is 368 g/mol. The van der Waals surface area contributed by atoms with Crippen molar-refractivity contribution in [3.05, 3.63) is 29.6 Å². The van der Waals surface area contributed by atoms with Crippen LogP contribution in [0.25, 0.3) is 6.08 Å². The molecule has 2 rings (SSSR count). The topological polar surface area (TPSA) is 71.5 Å². The average Bonchev–Trinajstić information content (AvgIpc) is 2.64. The number of methoxy groups -OCH3 is 1. The van der Waals surface area contributed by atoms with Gasteiger partial charge in [0.05, 0.1) is 26.0 Å². The van der Waals surface area contributed by atoms with Crippen molar-refractivity contribution in [3.8, 4) is 5.75 Å². The normalized spacial score (nSPS) is 18.7. The summed E-state index contributed by atoms with van der Waals surface area (Å²) >= 11 is 0. The Labute approximate surface area is 152 Å². The van der Waals surface area contributed by atoms with Crippen LogP contribution in [0.3, 0.4) is 0 Å². The van der Waals surface area contributed by atoms with E-state index in [1.165, 1.54) is 13.3 Å². The van der Waals surface area contributed by atoms with Gasteiger partial charge < -0.3 is 15.2 Å². The summed E-state index contributed by atoms with van der Waals surface area (Å²) in [6.45, 7) is 1.72. The summed E-state index contributed by atoms with van der Waals surface area (Å²) in [7, 11) is 1.51. The molecule has 0 radical (unpaired) electrons. The zero-order valence-corrected chi connectivity index (χ0v) is 15.2. The molecule has 144 valence electrons. The van der Waals surface area contributed by atoms with Crippen LogP contribution in [0.4, 0.5) is 8.78 Å². The fourth-order valence-corrected chi connectivity index (χ4v) is 2.91. The Morgan fingerprint density at radius 2 is 2.19 bits per heavy atom. The van der Waals surface area contributed by atoms with Gasteiger partial charge >= 0.3 is 0 Å². The fourth-order valence-electron chi connectivity index (χ4n) is 2.91. The minimum Gasteiger partial charge on any atom is -0.495 e. The predicted molar refractivity (Wildman–Crippen MR) is 95.4 cm³/mol. The van der Waals surface area contributed by atoms with Crippen LogP contribution in [0.2, 0.25) is 0 Å². The molecule has 1 aliphatic carbocycles. The molecule has 1 fully saturated rings. The van der Waals surface area contributed by atoms with Gasteiger partial charge in [0.1, 0.15) is 11.4 Å². The second-order valence-electron chi connectivity index (χ2n) is 6.63. The van der Waals surface area contributed by atoms with Crippen LogP contribution in [0.5, 0.6) is 5.75 Å². The highest BCUT2D eigenvalue weighted by atomic mass is 19.3. The minimum atomic E-state index is -2.55. The van der Waals surface area contributed by atoms with Crippen LogP contribution >= 0.6 is 0 Å². The molecule has 1 aromatic heterocycles. The van der Waals surface area contributed by atoms with E-state index in [-0.39, 0.29) is 43.0 Å². The summed E-state index contributed by atoms with van der Waals surface area (Å²) in [6, 6.07) is 1.28. The van der Waals surface area contributed by atoms with Crippen molar-refractivity contribution in [2.45, 2.75) is 51.0 Å². The van der Waals surface area contributed by atoms with Gasteiger partial charge in [0, 0.05) is 18.4 Å². The largest absolute Gasteiger partial charge is 0.495 e. The second-order valence-corrected chi connectivity index (χ2v) is 6.63. The Balaban J connectivity index is 2.11. The molecule has 0 saturated heterocycles. The number of alkyl halides is 2. The van der Waals surface area contributed by atoms with E-state index in [0.717, 1.165) is 0 Å². The number of aliphatic hydroxyl groups is 1. The SMILES string of the molecule is CCC(CO)NC(=O)c1cc(C=CC2CCC(F)(F)CC2)c(OC)cn1. The van der Waals surface area contributed by atoms with Crippen LogP contribution in [-0.4, -0.2) is 41.7 Å². The van der Waals surface area contributed by atoms with Gasteiger partial charge in [-0.25, -0.2) is 13.8 Å². The Bertz CT molecular complexity index is 636. The molecule has 1 heterocycles. The molecule has 26 heavy (non-hydrogen) atoms. The number of pyridine rings is 1. The van der Waals surface area contributed by atoms with Gasteiger partial charge in [-0.3, -0.25) is 4.79 Å². The van der Waals surface area contributed by atoms with Gasteiger partial charge in [0.2, 0.25) is 5.92 Å². The summed E-state index contributed by atoms with van der Waals surface area (Å²) in [4.78, 5) is 16.4. The smallest absolute Gasteiger partial charge is 0.270 e. The van der Waals surface area contributed by atoms with Gasteiger partial charge in [0.15, 0.2) is 0 Å². The van der Waals surface area contributed by atoms with Crippen molar-refractivity contribution in [1.29, 1.82) is 0 Å². The van der Waals surface area contributed by atoms with Crippen molar-refractivity contribution in [2.75, 3.05) is 13.7 Å². The highest BCUT2D eigenvalue weighted by molar-refractivity contribution is 5.93. The van der Waals surface area contributed by atoms with E-state index in [2.05, 4.69) is 10.3 Å². The summed E-state index contributed by atoms with van der Waals surface area (Å²) in [5.41, 5.74) is 0.884. The van der Waals surface area contributed by atoms with Gasteiger partial charge in [-0.2, -0.15) is 0 Å². The molecule has 0 spiro atoms. The third kappa shape index (κ3) is 5.49. The number of allylic oxidation sites excluding steroid dienone is 1. The van der Waals surface area contributed by atoms with E-state index in [9.17, 15) is 18.7 Å². The molecular formula is C19H26F2N2O3. The van der Waals surface area contributed by atoms with Crippen LogP contribution in [-0.2, 0) is 0 Å². The highest BCUT2D eigenvalue weighted by Gasteiger charge is 2.33. The predicted octanol–water partition coefficient (Wildman–Crippen LogP) is 3.43. The first-order valence-electron chi connectivity index (χ1n) is 8.90. The lowest BCUT2D eigenvalue weighted by Gasteiger charge is -2.26. The Morgan fingerprint density at radius 1 is 1.50 bits per heavy atom. The minimum absolute atomic E-state index is 0.0867. The van der Waals surface area contributed by atoms with Crippen LogP contribution in [0.15, 0.2) is 18.3 Å². The van der Waals surface area contributed by atoms with E-state index < -0.39 is 5.92 Å². The van der Waals surface area contributed by atoms with Crippen molar-refractivity contribution in [1.82, 2.24) is 10.3 Å². The molecule has 5 nitrogen and oxygen atoms in total. The summed E-state index contributed by atoms with van der Waals surface area (Å²) in [5.74, 6) is -2.33. The molecule has 1 amide bonds. The number of nitrogens with one attached hydrogen (secondary N) is 1. The molecule has 1 aliphatic rings. The quantitative estimate of drug-likeness (QED) is 0.773. The van der Waals surface area contributed by atoms with Crippen LogP contribution in [0, 0.1) is 5.92 Å². The van der Waals surface area contributed by atoms with Gasteiger partial charge in [-0.15, -0.1) is 0 Å². The van der Waals surface area contributed by atoms with Gasteiger partial charge in [0.25, 0.3) is 5.91 Å². The van der Waals surface area contributed by atoms with Crippen molar-refractivity contribution >= 4 is 12.0 Å². The summed E-state index contributed by atoms with van der Waals surface area (Å²) in [6.07, 6.45) is 6.47. The number of nitrogens with zero attached hydrogens (tertiary/aromatic N) is 1. The molecule has 7 heteroatoms. The van der Waals surface area contributed by atoms with Crippen molar-refractivity contribution in [2.24, 2.45) is 5.92 Å². The van der Waals surface area contributed by atoms with E-state index in [0.29, 0.717) is 30.6 Å². The van der Waals surface area contributed by atoms with E-state index in [1.807, 2.05) is 13.0 Å². The number of hydrogen-bond acceptors (Lipinski definition) is 4.